The van der Waals surface area contributed by atoms with Gasteiger partial charge in [0.05, 0.1) is 33.6 Å². The van der Waals surface area contributed by atoms with E-state index in [4.69, 9.17) is 19.9 Å². The first-order valence-corrected chi connectivity index (χ1v) is 32.7. The van der Waals surface area contributed by atoms with Gasteiger partial charge in [-0.1, -0.05) is 187 Å². The van der Waals surface area contributed by atoms with E-state index in [-0.39, 0.29) is 53.6 Å². The Bertz CT molecular complexity index is 5480. The second-order valence-corrected chi connectivity index (χ2v) is 25.7. The summed E-state index contributed by atoms with van der Waals surface area (Å²) in [6.07, 6.45) is 3.76. The molecule has 15 aromatic rings. The number of aromatic hydroxyl groups is 2. The van der Waals surface area contributed by atoms with Crippen molar-refractivity contribution in [2.24, 2.45) is 0 Å². The molecule has 0 atom stereocenters. The fourth-order valence-electron chi connectivity index (χ4n) is 15.9. The largest absolute Gasteiger partial charge is 0.507 e. The zero-order chi connectivity index (χ0) is 65.4. The van der Waals surface area contributed by atoms with Crippen LogP contribution in [-0.2, 0) is 53.0 Å². The van der Waals surface area contributed by atoms with Crippen molar-refractivity contribution in [2.45, 2.75) is 52.4 Å². The van der Waals surface area contributed by atoms with Crippen molar-refractivity contribution in [3.8, 4) is 89.8 Å². The van der Waals surface area contributed by atoms with E-state index in [9.17, 15) is 10.2 Å². The Hall–Kier alpha value is -10.5. The molecule has 0 aliphatic heterocycles. The molecule has 0 fully saturated rings. The molecule has 2 aliphatic carbocycles. The molecule has 0 spiro atoms. The average molecular weight is 1630 g/mol. The van der Waals surface area contributed by atoms with Crippen molar-refractivity contribution < 1.29 is 52.3 Å². The van der Waals surface area contributed by atoms with Gasteiger partial charge in [-0.15, -0.1) is 69.9 Å². The third kappa shape index (κ3) is 10.6. The third-order valence-corrected chi connectivity index (χ3v) is 19.7. The normalized spacial score (nSPS) is 12.7. The molecule has 17 rings (SSSR count). The Morgan fingerprint density at radius 2 is 0.755 bits per heavy atom. The van der Waals surface area contributed by atoms with Crippen LogP contribution >= 0.6 is 0 Å². The van der Waals surface area contributed by atoms with E-state index in [0.29, 0.717) is 16.8 Å². The van der Waals surface area contributed by atoms with E-state index in [1.54, 1.807) is 12.1 Å². The minimum absolute atomic E-state index is 0. The number of phenols is 2. The summed E-state index contributed by atoms with van der Waals surface area (Å²) in [7, 11) is 0. The molecule has 8 heteroatoms. The van der Waals surface area contributed by atoms with E-state index in [1.807, 2.05) is 60.9 Å². The summed E-state index contributed by atoms with van der Waals surface area (Å²) in [6, 6.07) is 100. The quantitative estimate of drug-likeness (QED) is 0.111. The van der Waals surface area contributed by atoms with Crippen LogP contribution in [0.25, 0.3) is 100.0 Å². The van der Waals surface area contributed by atoms with Crippen LogP contribution in [-0.4, -0.2) is 30.1 Å². The Balaban J connectivity index is 0.000000164. The van der Waals surface area contributed by atoms with Crippen LogP contribution in [0.3, 0.4) is 0 Å². The maximum atomic E-state index is 11.0. The van der Waals surface area contributed by atoms with E-state index in [1.165, 1.54) is 89.0 Å². The van der Waals surface area contributed by atoms with Gasteiger partial charge in [0.25, 0.3) is 0 Å². The van der Waals surface area contributed by atoms with Crippen LogP contribution in [0.4, 0.5) is 0 Å². The third-order valence-electron chi connectivity index (χ3n) is 19.7. The zero-order valence-corrected chi connectivity index (χ0v) is 59.4. The Morgan fingerprint density at radius 3 is 1.23 bits per heavy atom. The Morgan fingerprint density at radius 1 is 0.337 bits per heavy atom. The number of benzene rings is 11. The summed E-state index contributed by atoms with van der Waals surface area (Å²) in [5.41, 5.74) is 29.4. The monoisotopic (exact) mass is 1620 g/mol. The van der Waals surface area contributed by atoms with Gasteiger partial charge in [0.1, 0.15) is 11.5 Å². The van der Waals surface area contributed by atoms with Gasteiger partial charge in [-0.2, -0.15) is 0 Å². The number of fused-ring (bicyclic) bond motifs is 9. The fourth-order valence-corrected chi connectivity index (χ4v) is 15.9. The summed E-state index contributed by atoms with van der Waals surface area (Å²) in [5, 5.41) is 25.0. The molecule has 0 amide bonds. The van der Waals surface area contributed by atoms with E-state index in [2.05, 4.69) is 260 Å². The first-order chi connectivity index (χ1) is 46.9. The molecule has 0 unspecified atom stereocenters. The number of aryl methyl sites for hydroxylation is 6. The maximum Gasteiger partial charge on any atom is 0.124 e. The van der Waals surface area contributed by atoms with Gasteiger partial charge in [0, 0.05) is 65.7 Å². The van der Waals surface area contributed by atoms with Gasteiger partial charge in [-0.3, -0.25) is 19.9 Å². The van der Waals surface area contributed by atoms with Crippen LogP contribution in [0.1, 0.15) is 78.1 Å². The molecule has 4 aromatic heterocycles. The molecule has 6 nitrogen and oxygen atoms in total. The molecule has 11 aromatic carbocycles. The van der Waals surface area contributed by atoms with Gasteiger partial charge in [-0.05, 0) is 208 Å². The first kappa shape index (κ1) is 64.8. The van der Waals surface area contributed by atoms with Crippen LogP contribution in [0, 0.1) is 53.7 Å². The standard InChI is InChI=1S/C46H33N2O.C44H33N2O.2Pt/c1-28-24-29(2)44(30(3)25-28)38-27-41(36-14-6-9-17-42(36)49)48-45-35(38)22-20-31-19-21-32(26-37(31)45)46(43-18-10-11-23-47-43)39-15-7-4-12-33(39)34-13-5-8-16-40(34)46;1-28-23-29(2)43(30(3)24-28)32-26-39(46-40(27-32)36-17-6-9-20-41(36)47)31-13-12-14-33(25-31)44(42-21-10-11-22-45-42)37-18-7-4-15-34(37)35-16-5-8-19-38(35)44;;/h4-25,27,49H,1-3H3;4-24,26-27,47H,1-3H3;;/q2*-1;;. The number of para-hydroxylation sites is 2. The second-order valence-electron chi connectivity index (χ2n) is 25.7. The minimum Gasteiger partial charge on any atom is -0.507 e. The maximum absolute atomic E-state index is 11.0. The van der Waals surface area contributed by atoms with E-state index < -0.39 is 10.8 Å². The molecular formula is C90H66N4O2Pt2-2. The van der Waals surface area contributed by atoms with Gasteiger partial charge in [0.15, 0.2) is 0 Å². The van der Waals surface area contributed by atoms with Crippen molar-refractivity contribution in [2.75, 3.05) is 0 Å². The van der Waals surface area contributed by atoms with Crippen LogP contribution in [0.5, 0.6) is 11.5 Å². The summed E-state index contributed by atoms with van der Waals surface area (Å²) in [6.45, 7) is 13.0. The zero-order valence-electron chi connectivity index (χ0n) is 54.9. The number of nitrogens with zero attached hydrogens (tertiary/aromatic N) is 4. The molecule has 0 saturated carbocycles. The summed E-state index contributed by atoms with van der Waals surface area (Å²) in [5.74, 6) is 0.405. The number of pyridine rings is 4. The second kappa shape index (κ2) is 26.2. The minimum atomic E-state index is -0.674. The summed E-state index contributed by atoms with van der Waals surface area (Å²) in [4.78, 5) is 20.5. The molecule has 98 heavy (non-hydrogen) atoms. The van der Waals surface area contributed by atoms with Gasteiger partial charge in [-0.25, -0.2) is 0 Å². The molecule has 0 saturated heterocycles. The van der Waals surface area contributed by atoms with Crippen molar-refractivity contribution in [1.29, 1.82) is 0 Å². The predicted octanol–water partition coefficient (Wildman–Crippen LogP) is 21.2. The van der Waals surface area contributed by atoms with Crippen LogP contribution in [0.15, 0.2) is 279 Å². The molecule has 480 valence electrons. The molecule has 2 N–H and O–H groups in total. The Labute approximate surface area is 601 Å². The first-order valence-electron chi connectivity index (χ1n) is 32.7. The number of hydrogen-bond donors (Lipinski definition) is 2. The van der Waals surface area contributed by atoms with Gasteiger partial charge < -0.3 is 10.2 Å². The van der Waals surface area contributed by atoms with Crippen molar-refractivity contribution in [3.63, 3.8) is 0 Å². The van der Waals surface area contributed by atoms with E-state index >= 15 is 0 Å². The van der Waals surface area contributed by atoms with Crippen LogP contribution in [0.2, 0.25) is 0 Å². The molecule has 0 bridgehead atoms. The summed E-state index contributed by atoms with van der Waals surface area (Å²) < 4.78 is 0. The smallest absolute Gasteiger partial charge is 0.124 e. The van der Waals surface area contributed by atoms with Crippen molar-refractivity contribution in [3.05, 3.63) is 370 Å². The predicted molar refractivity (Wildman–Crippen MR) is 390 cm³/mol. The summed E-state index contributed by atoms with van der Waals surface area (Å²) >= 11 is 0. The van der Waals surface area contributed by atoms with Gasteiger partial charge >= 0.3 is 0 Å². The topological polar surface area (TPSA) is 92.0 Å². The number of hydrogen-bond acceptors (Lipinski definition) is 6. The average Bonchev–Trinajstić information content (AvgIpc) is 1.53. The van der Waals surface area contributed by atoms with Gasteiger partial charge in [0.2, 0.25) is 0 Å². The number of rotatable bonds is 9. The number of aromatic nitrogens is 4. The Kier molecular flexibility index (Phi) is 17.3. The van der Waals surface area contributed by atoms with Crippen molar-refractivity contribution in [1.82, 2.24) is 19.9 Å². The van der Waals surface area contributed by atoms with Crippen LogP contribution < -0.4 is 0 Å². The van der Waals surface area contributed by atoms with E-state index in [0.717, 1.165) is 72.3 Å². The SMILES string of the molecule is Cc1cc(C)c(-c2cc(-c3[c-]c(C4(c5ccccn5)c5ccccc5-c5ccccc54)ccc3)nc(-c3ccccc3O)c2)c(C)c1.Cc1cc(C)c(-c2cc(-c3ccccc3O)nc3c2ccc2ccc(C4(c5ccccn5)c5ccccc5-c5ccccc54)[c-]c23)c(C)c1.[Pt].[Pt]. The molecule has 4 heterocycles. The number of phenolic OH excluding ortho intramolecular Hbond substituents is 2. The van der Waals surface area contributed by atoms with Crippen molar-refractivity contribution >= 4 is 21.7 Å². The molecular weight excluding hydrogens is 1560 g/mol. The molecule has 0 radical (unpaired) electrons. The fraction of sp³-hybridized carbons (Fsp3) is 0.0889. The molecule has 2 aliphatic rings.